The average Bonchev–Trinajstić information content (AvgIpc) is 3.23. The number of aromatic nitrogens is 1. The number of aliphatic hydroxyl groups excluding tert-OH is 3. The number of alkyl halides is 3. The van der Waals surface area contributed by atoms with Crippen molar-refractivity contribution in [3.05, 3.63) is 77.5 Å². The van der Waals surface area contributed by atoms with Gasteiger partial charge in [-0.2, -0.15) is 13.2 Å². The van der Waals surface area contributed by atoms with Crippen molar-refractivity contribution in [2.75, 3.05) is 32.1 Å². The minimum absolute atomic E-state index is 0.0633. The number of carbonyl (C=O) groups is 1. The Bertz CT molecular complexity index is 1200. The first kappa shape index (κ1) is 29.4. The second kappa shape index (κ2) is 13.1. The predicted molar refractivity (Wildman–Crippen MR) is 140 cm³/mol. The quantitative estimate of drug-likeness (QED) is 0.280. The lowest BCUT2D eigenvalue weighted by Gasteiger charge is -2.21. The van der Waals surface area contributed by atoms with Crippen molar-refractivity contribution in [1.29, 1.82) is 0 Å². The van der Waals surface area contributed by atoms with Gasteiger partial charge in [0.15, 0.2) is 0 Å². The minimum Gasteiger partial charge on any atom is -0.394 e. The molecule has 2 atom stereocenters. The van der Waals surface area contributed by atoms with E-state index in [4.69, 9.17) is 5.11 Å². The number of hydrogen-bond donors (Lipinski definition) is 4. The van der Waals surface area contributed by atoms with E-state index in [0.717, 1.165) is 29.8 Å². The minimum atomic E-state index is -4.51. The normalized spacial score (nSPS) is 13.5. The van der Waals surface area contributed by atoms with E-state index in [1.165, 1.54) is 12.1 Å². The van der Waals surface area contributed by atoms with Gasteiger partial charge in [-0.15, -0.1) is 0 Å². The molecule has 0 saturated heterocycles. The van der Waals surface area contributed by atoms with Gasteiger partial charge in [-0.05, 0) is 63.2 Å². The number of nitrogens with zero attached hydrogens (tertiary/aromatic N) is 2. The Labute approximate surface area is 220 Å². The molecule has 1 aromatic heterocycles. The van der Waals surface area contributed by atoms with Gasteiger partial charge < -0.3 is 30.1 Å². The summed E-state index contributed by atoms with van der Waals surface area (Å²) in [6.07, 6.45) is -5.64. The smallest absolute Gasteiger partial charge is 0.394 e. The summed E-state index contributed by atoms with van der Waals surface area (Å²) in [4.78, 5) is 15.1. The Morgan fingerprint density at radius 1 is 1.03 bits per heavy atom. The number of hydrogen-bond acceptors (Lipinski definition) is 5. The van der Waals surface area contributed by atoms with Crippen molar-refractivity contribution in [2.24, 2.45) is 0 Å². The third-order valence-corrected chi connectivity index (χ3v) is 6.49. The maximum Gasteiger partial charge on any atom is 0.416 e. The monoisotopic (exact) mass is 533 g/mol. The van der Waals surface area contributed by atoms with E-state index < -0.39 is 36.5 Å². The van der Waals surface area contributed by atoms with Gasteiger partial charge >= 0.3 is 6.18 Å². The summed E-state index contributed by atoms with van der Waals surface area (Å²) in [6, 6.07) is 15.8. The van der Waals surface area contributed by atoms with E-state index >= 15 is 0 Å². The van der Waals surface area contributed by atoms with Crippen molar-refractivity contribution in [3.63, 3.8) is 0 Å². The Balaban J connectivity index is 1.75. The summed E-state index contributed by atoms with van der Waals surface area (Å²) >= 11 is 0. The van der Waals surface area contributed by atoms with Crippen molar-refractivity contribution < 1.29 is 33.3 Å². The van der Waals surface area contributed by atoms with Crippen LogP contribution in [-0.4, -0.2) is 69.6 Å². The molecule has 10 heteroatoms. The summed E-state index contributed by atoms with van der Waals surface area (Å²) in [6.45, 7) is 3.10. The maximum absolute atomic E-state index is 13.1. The zero-order valence-electron chi connectivity index (χ0n) is 21.4. The fourth-order valence-corrected chi connectivity index (χ4v) is 4.26. The van der Waals surface area contributed by atoms with E-state index in [1.807, 2.05) is 53.8 Å². The van der Waals surface area contributed by atoms with Crippen molar-refractivity contribution in [2.45, 2.75) is 44.7 Å². The van der Waals surface area contributed by atoms with Crippen molar-refractivity contribution in [3.8, 4) is 11.3 Å². The fourth-order valence-electron chi connectivity index (χ4n) is 4.26. The molecule has 0 bridgehead atoms. The third-order valence-electron chi connectivity index (χ3n) is 6.49. The number of carbonyl (C=O) groups excluding carboxylic acids is 1. The van der Waals surface area contributed by atoms with Crippen LogP contribution in [0.15, 0.2) is 60.7 Å². The van der Waals surface area contributed by atoms with Gasteiger partial charge in [0.25, 0.3) is 5.91 Å². The molecule has 7 nitrogen and oxygen atoms in total. The molecule has 0 fully saturated rings. The lowest BCUT2D eigenvalue weighted by molar-refractivity contribution is -0.137. The molecule has 3 aromatic rings. The first-order valence-electron chi connectivity index (χ1n) is 12.4. The molecule has 38 heavy (non-hydrogen) atoms. The molecule has 3 rings (SSSR count). The van der Waals surface area contributed by atoms with Crippen LogP contribution in [-0.2, 0) is 12.7 Å². The zero-order chi connectivity index (χ0) is 27.9. The highest BCUT2D eigenvalue weighted by atomic mass is 19.4. The number of benzene rings is 2. The number of rotatable bonds is 12. The highest BCUT2D eigenvalue weighted by Crippen LogP contribution is 2.31. The van der Waals surface area contributed by atoms with Crippen LogP contribution in [0.2, 0.25) is 0 Å². The molecule has 1 amide bonds. The van der Waals surface area contributed by atoms with Gasteiger partial charge in [0.05, 0.1) is 23.8 Å². The molecule has 0 aliphatic heterocycles. The number of anilines is 1. The number of halogens is 3. The van der Waals surface area contributed by atoms with Crippen LogP contribution in [0.5, 0.6) is 0 Å². The predicted octanol–water partition coefficient (Wildman–Crippen LogP) is 4.16. The Kier molecular flexibility index (Phi) is 10.1. The first-order chi connectivity index (χ1) is 18.0. The zero-order valence-corrected chi connectivity index (χ0v) is 21.4. The summed E-state index contributed by atoms with van der Waals surface area (Å²) in [7, 11) is 1.90. The van der Waals surface area contributed by atoms with Gasteiger partial charge in [-0.1, -0.05) is 36.4 Å². The van der Waals surface area contributed by atoms with E-state index in [1.54, 1.807) is 6.07 Å². The molecule has 0 unspecified atom stereocenters. The molecule has 1 heterocycles. The van der Waals surface area contributed by atoms with Gasteiger partial charge in [-0.3, -0.25) is 4.79 Å². The average molecular weight is 534 g/mol. The van der Waals surface area contributed by atoms with Crippen LogP contribution in [0.4, 0.5) is 18.9 Å². The lowest BCUT2D eigenvalue weighted by Crippen LogP contribution is -2.33. The second-order valence-corrected chi connectivity index (χ2v) is 9.34. The van der Waals surface area contributed by atoms with Crippen LogP contribution in [0.1, 0.15) is 34.5 Å². The lowest BCUT2D eigenvalue weighted by atomic mass is 10.1. The molecular weight excluding hydrogens is 499 g/mol. The number of amides is 1. The van der Waals surface area contributed by atoms with E-state index in [-0.39, 0.29) is 5.69 Å². The second-order valence-electron chi connectivity index (χ2n) is 9.34. The SMILES string of the molecule is Cc1c(C(=O)Nc2cccc(C(F)(F)F)c2)cc(-c2ccccc2)n1CCCN(C)CC[C@H](O)[C@H](O)CO. The van der Waals surface area contributed by atoms with E-state index in [0.29, 0.717) is 37.3 Å². The maximum atomic E-state index is 13.1. The third kappa shape index (κ3) is 7.67. The van der Waals surface area contributed by atoms with Crippen molar-refractivity contribution in [1.82, 2.24) is 9.47 Å². The molecule has 4 N–H and O–H groups in total. The van der Waals surface area contributed by atoms with E-state index in [9.17, 15) is 28.2 Å². The van der Waals surface area contributed by atoms with Crippen LogP contribution in [0, 0.1) is 6.92 Å². The summed E-state index contributed by atoms with van der Waals surface area (Å²) in [5.41, 5.74) is 2.02. The first-order valence-corrected chi connectivity index (χ1v) is 12.4. The van der Waals surface area contributed by atoms with Crippen LogP contribution < -0.4 is 5.32 Å². The Morgan fingerprint density at radius 3 is 2.39 bits per heavy atom. The van der Waals surface area contributed by atoms with Gasteiger partial charge in [0, 0.05) is 30.2 Å². The van der Waals surface area contributed by atoms with Crippen LogP contribution in [0.25, 0.3) is 11.3 Å². The van der Waals surface area contributed by atoms with Gasteiger partial charge in [-0.25, -0.2) is 0 Å². The molecule has 0 aliphatic carbocycles. The summed E-state index contributed by atoms with van der Waals surface area (Å²) in [5, 5.41) is 30.9. The number of nitrogens with one attached hydrogen (secondary N) is 1. The molecule has 206 valence electrons. The highest BCUT2D eigenvalue weighted by Gasteiger charge is 2.30. The summed E-state index contributed by atoms with van der Waals surface area (Å²) < 4.78 is 41.3. The van der Waals surface area contributed by atoms with Gasteiger partial charge in [0.1, 0.15) is 6.10 Å². The van der Waals surface area contributed by atoms with Crippen LogP contribution in [0.3, 0.4) is 0 Å². The molecule has 0 saturated carbocycles. The standard InChI is InChI=1S/C28H34F3N3O4/c1-19-23(27(38)32-22-11-6-10-21(16-22)28(29,30)31)17-24(20-8-4-3-5-9-20)34(19)14-7-13-33(2)15-12-25(36)26(37)18-35/h3-6,8-11,16-17,25-26,35-37H,7,12-15,18H2,1-2H3,(H,32,38)/t25-,26+/m0/s1. The Morgan fingerprint density at radius 2 is 1.74 bits per heavy atom. The molecular formula is C28H34F3N3O4. The van der Waals surface area contributed by atoms with Gasteiger partial charge in [0.2, 0.25) is 0 Å². The molecule has 0 spiro atoms. The topological polar surface area (TPSA) is 98.0 Å². The van der Waals surface area contributed by atoms with E-state index in [2.05, 4.69) is 5.32 Å². The summed E-state index contributed by atoms with van der Waals surface area (Å²) in [5.74, 6) is -0.494. The Hall–Kier alpha value is -3.18. The largest absolute Gasteiger partial charge is 0.416 e. The molecule has 0 aliphatic rings. The molecule has 2 aromatic carbocycles. The fraction of sp³-hybridized carbons (Fsp3) is 0.393. The van der Waals surface area contributed by atoms with Crippen LogP contribution >= 0.6 is 0 Å². The van der Waals surface area contributed by atoms with Crippen molar-refractivity contribution >= 4 is 11.6 Å². The number of aliphatic hydroxyl groups is 3. The highest BCUT2D eigenvalue weighted by molar-refractivity contribution is 6.06. The molecule has 0 radical (unpaired) electrons.